The normalized spacial score (nSPS) is 20.5. The van der Waals surface area contributed by atoms with Gasteiger partial charge in [-0.3, -0.25) is 0 Å². The van der Waals surface area contributed by atoms with E-state index in [2.05, 4.69) is 64.2 Å². The van der Waals surface area contributed by atoms with Gasteiger partial charge < -0.3 is 15.5 Å². The Hall–Kier alpha value is -2.14. The second kappa shape index (κ2) is 10.0. The minimum atomic E-state index is 0.465. The van der Waals surface area contributed by atoms with Crippen LogP contribution in [0.2, 0.25) is 0 Å². The first-order chi connectivity index (χ1) is 15.8. The van der Waals surface area contributed by atoms with Gasteiger partial charge in [-0.1, -0.05) is 0 Å². The third-order valence-corrected chi connectivity index (χ3v) is 8.37. The van der Waals surface area contributed by atoms with Crippen molar-refractivity contribution in [2.45, 2.75) is 105 Å². The number of rotatable bonds is 6. The number of anilines is 2. The lowest BCUT2D eigenvalue weighted by Crippen LogP contribution is -2.37. The van der Waals surface area contributed by atoms with Gasteiger partial charge in [-0.2, -0.15) is 4.98 Å². The van der Waals surface area contributed by atoms with E-state index in [-0.39, 0.29) is 0 Å². The number of benzene rings is 1. The van der Waals surface area contributed by atoms with Crippen molar-refractivity contribution in [1.82, 2.24) is 15.3 Å². The number of fused-ring (bicyclic) bond motifs is 1. The second-order valence-electron chi connectivity index (χ2n) is 10.6. The average molecular weight is 450 g/mol. The predicted molar refractivity (Wildman–Crippen MR) is 140 cm³/mol. The molecule has 1 saturated carbocycles. The maximum absolute atomic E-state index is 4.92. The third-order valence-electron chi connectivity index (χ3n) is 8.37. The molecule has 1 fully saturated rings. The minimum absolute atomic E-state index is 0.465. The summed E-state index contributed by atoms with van der Waals surface area (Å²) >= 11 is 0. The number of aromatic nitrogens is 2. The van der Waals surface area contributed by atoms with E-state index < -0.39 is 0 Å². The van der Waals surface area contributed by atoms with Crippen molar-refractivity contribution in [2.75, 3.05) is 24.3 Å². The molecule has 0 saturated heterocycles. The highest BCUT2D eigenvalue weighted by Gasteiger charge is 2.24. The fourth-order valence-corrected chi connectivity index (χ4v) is 5.72. The molecule has 33 heavy (non-hydrogen) atoms. The van der Waals surface area contributed by atoms with Crippen LogP contribution < -0.4 is 15.5 Å². The Morgan fingerprint density at radius 1 is 0.758 bits per heavy atom. The fourth-order valence-electron chi connectivity index (χ4n) is 5.72. The summed E-state index contributed by atoms with van der Waals surface area (Å²) in [5.74, 6) is 1.93. The smallest absolute Gasteiger partial charge is 0.225 e. The van der Waals surface area contributed by atoms with Gasteiger partial charge in [-0.05, 0) is 119 Å². The summed E-state index contributed by atoms with van der Waals surface area (Å²) in [7, 11) is 4.19. The van der Waals surface area contributed by atoms with Gasteiger partial charge in [0.1, 0.15) is 5.82 Å². The topological polar surface area (TPSA) is 53.1 Å². The number of nitrogens with zero attached hydrogens (tertiary/aromatic N) is 3. The number of hydrogen-bond acceptors (Lipinski definition) is 5. The second-order valence-corrected chi connectivity index (χ2v) is 10.6. The fraction of sp³-hybridized carbons (Fsp3) is 0.643. The van der Waals surface area contributed by atoms with Gasteiger partial charge in [0, 0.05) is 38.3 Å². The highest BCUT2D eigenvalue weighted by molar-refractivity contribution is 5.53. The van der Waals surface area contributed by atoms with Crippen molar-refractivity contribution < 1.29 is 0 Å². The van der Waals surface area contributed by atoms with Crippen molar-refractivity contribution in [2.24, 2.45) is 0 Å². The standard InChI is InChI=1S/C28H43N5/c1-17-18(2)20(4)25(21(5)19(17)3)16-29-22-12-14-23(15-13-22)30-28-31-26-11-9-8-10-24(26)27(32-28)33(6)7/h22-23,29H,8-16H2,1-7H3,(H,30,31,32)/t22-,23+. The molecule has 0 unspecified atom stereocenters. The summed E-state index contributed by atoms with van der Waals surface area (Å²) < 4.78 is 0. The molecular weight excluding hydrogens is 406 g/mol. The molecule has 2 N–H and O–H groups in total. The van der Waals surface area contributed by atoms with Crippen molar-refractivity contribution >= 4 is 11.8 Å². The molecule has 1 heterocycles. The van der Waals surface area contributed by atoms with Crippen LogP contribution in [0.25, 0.3) is 0 Å². The minimum Gasteiger partial charge on any atom is -0.362 e. The molecular formula is C28H43N5. The quantitative estimate of drug-likeness (QED) is 0.612. The molecule has 2 aliphatic rings. The maximum atomic E-state index is 4.92. The summed E-state index contributed by atoms with van der Waals surface area (Å²) in [6, 6.07) is 1.05. The van der Waals surface area contributed by atoms with Crippen LogP contribution in [0.15, 0.2) is 0 Å². The number of aryl methyl sites for hydroxylation is 1. The molecule has 2 aliphatic carbocycles. The lowest BCUT2D eigenvalue weighted by molar-refractivity contribution is 0.351. The van der Waals surface area contributed by atoms with Crippen LogP contribution in [0, 0.1) is 34.6 Å². The third kappa shape index (κ3) is 5.03. The Kier molecular flexibility index (Phi) is 7.28. The van der Waals surface area contributed by atoms with E-state index in [4.69, 9.17) is 9.97 Å². The van der Waals surface area contributed by atoms with Crippen molar-refractivity contribution in [1.29, 1.82) is 0 Å². The summed E-state index contributed by atoms with van der Waals surface area (Å²) in [6.45, 7) is 12.3. The van der Waals surface area contributed by atoms with Gasteiger partial charge in [-0.15, -0.1) is 0 Å². The first kappa shape index (κ1) is 24.0. The summed E-state index contributed by atoms with van der Waals surface area (Å²) in [5, 5.41) is 7.56. The Bertz CT molecular complexity index is 973. The molecule has 0 amide bonds. The number of nitrogens with one attached hydrogen (secondary N) is 2. The van der Waals surface area contributed by atoms with Gasteiger partial charge in [0.05, 0.1) is 5.69 Å². The van der Waals surface area contributed by atoms with Gasteiger partial charge in [-0.25, -0.2) is 4.98 Å². The molecule has 4 rings (SSSR count). The van der Waals surface area contributed by atoms with Crippen LogP contribution in [-0.2, 0) is 19.4 Å². The average Bonchev–Trinajstić information content (AvgIpc) is 2.82. The maximum Gasteiger partial charge on any atom is 0.225 e. The summed E-state index contributed by atoms with van der Waals surface area (Å²) in [4.78, 5) is 12.0. The van der Waals surface area contributed by atoms with E-state index in [1.165, 1.54) is 83.2 Å². The van der Waals surface area contributed by atoms with E-state index in [9.17, 15) is 0 Å². The van der Waals surface area contributed by atoms with Gasteiger partial charge in [0.25, 0.3) is 0 Å². The SMILES string of the molecule is Cc1c(C)c(C)c(CN[C@H]2CC[C@@H](Nc3nc4c(c(N(C)C)n3)CCCC4)CC2)c(C)c1C. The predicted octanol–water partition coefficient (Wildman–Crippen LogP) is 5.48. The molecule has 2 aromatic rings. The molecule has 1 aromatic heterocycles. The highest BCUT2D eigenvalue weighted by atomic mass is 15.2. The zero-order valence-corrected chi connectivity index (χ0v) is 21.9. The summed E-state index contributed by atoms with van der Waals surface area (Å²) in [5.41, 5.74) is 11.4. The molecule has 0 aliphatic heterocycles. The van der Waals surface area contributed by atoms with Gasteiger partial charge in [0.2, 0.25) is 5.95 Å². The number of hydrogen-bond donors (Lipinski definition) is 2. The zero-order chi connectivity index (χ0) is 23.7. The van der Waals surface area contributed by atoms with E-state index >= 15 is 0 Å². The Balaban J connectivity index is 1.35. The van der Waals surface area contributed by atoms with E-state index in [0.717, 1.165) is 31.2 Å². The first-order valence-electron chi connectivity index (χ1n) is 12.9. The molecule has 0 atom stereocenters. The molecule has 0 bridgehead atoms. The van der Waals surface area contributed by atoms with Crippen LogP contribution in [-0.4, -0.2) is 36.1 Å². The van der Waals surface area contributed by atoms with E-state index in [1.54, 1.807) is 0 Å². The van der Waals surface area contributed by atoms with Crippen molar-refractivity contribution in [3.8, 4) is 0 Å². The van der Waals surface area contributed by atoms with Crippen LogP contribution in [0.5, 0.6) is 0 Å². The van der Waals surface area contributed by atoms with Gasteiger partial charge >= 0.3 is 0 Å². The van der Waals surface area contributed by atoms with Crippen LogP contribution in [0.4, 0.5) is 11.8 Å². The highest BCUT2D eigenvalue weighted by Crippen LogP contribution is 2.30. The lowest BCUT2D eigenvalue weighted by Gasteiger charge is -2.31. The Morgan fingerprint density at radius 2 is 1.33 bits per heavy atom. The van der Waals surface area contributed by atoms with E-state index in [0.29, 0.717) is 12.1 Å². The van der Waals surface area contributed by atoms with E-state index in [1.807, 2.05) is 0 Å². The molecule has 0 radical (unpaired) electrons. The molecule has 5 heteroatoms. The largest absolute Gasteiger partial charge is 0.362 e. The van der Waals surface area contributed by atoms with Crippen molar-refractivity contribution in [3.63, 3.8) is 0 Å². The summed E-state index contributed by atoms with van der Waals surface area (Å²) in [6.07, 6.45) is 9.42. The molecule has 5 nitrogen and oxygen atoms in total. The Labute approximate surface area is 200 Å². The first-order valence-corrected chi connectivity index (χ1v) is 12.9. The monoisotopic (exact) mass is 449 g/mol. The van der Waals surface area contributed by atoms with Crippen LogP contribution in [0.3, 0.4) is 0 Å². The zero-order valence-electron chi connectivity index (χ0n) is 21.9. The Morgan fingerprint density at radius 3 is 1.97 bits per heavy atom. The molecule has 1 aromatic carbocycles. The lowest BCUT2D eigenvalue weighted by atomic mass is 9.88. The van der Waals surface area contributed by atoms with Crippen LogP contribution in [0.1, 0.15) is 83.2 Å². The van der Waals surface area contributed by atoms with Crippen LogP contribution >= 0.6 is 0 Å². The molecule has 0 spiro atoms. The van der Waals surface area contributed by atoms with Crippen molar-refractivity contribution in [3.05, 3.63) is 44.6 Å². The van der Waals surface area contributed by atoms with Gasteiger partial charge in [0.15, 0.2) is 0 Å². The molecule has 180 valence electrons.